The van der Waals surface area contributed by atoms with Gasteiger partial charge in [-0.25, -0.2) is 4.99 Å². The summed E-state index contributed by atoms with van der Waals surface area (Å²) >= 11 is 6.17. The fourth-order valence-electron chi connectivity index (χ4n) is 2.16. The number of halogens is 1. The normalized spacial score (nSPS) is 11.2. The number of benzene rings is 2. The minimum Gasteiger partial charge on any atom is -0.383 e. The first-order valence-electron chi connectivity index (χ1n) is 8.08. The molecule has 0 aliphatic carbocycles. The van der Waals surface area contributed by atoms with Crippen molar-refractivity contribution >= 4 is 23.2 Å². The number of methoxy groups -OCH3 is 1. The molecule has 2 aromatic carbocycles. The zero-order valence-electron chi connectivity index (χ0n) is 14.4. The maximum Gasteiger partial charge on any atom is 0.269 e. The number of aliphatic imine (C=N–C) groups is 1. The average molecular weight is 377 g/mol. The second-order valence-corrected chi connectivity index (χ2v) is 5.86. The van der Waals surface area contributed by atoms with Crippen LogP contribution in [0.3, 0.4) is 0 Å². The summed E-state index contributed by atoms with van der Waals surface area (Å²) in [5.74, 6) is 0.611. The van der Waals surface area contributed by atoms with Crippen LogP contribution < -0.4 is 10.6 Å². The molecule has 0 saturated carbocycles. The molecule has 0 fully saturated rings. The summed E-state index contributed by atoms with van der Waals surface area (Å²) in [6, 6.07) is 13.9. The highest BCUT2D eigenvalue weighted by molar-refractivity contribution is 6.31. The van der Waals surface area contributed by atoms with Crippen LogP contribution in [0.5, 0.6) is 0 Å². The van der Waals surface area contributed by atoms with Gasteiger partial charge in [-0.05, 0) is 17.2 Å². The molecule has 0 unspecified atom stereocenters. The van der Waals surface area contributed by atoms with Gasteiger partial charge < -0.3 is 15.4 Å². The van der Waals surface area contributed by atoms with Crippen molar-refractivity contribution in [2.45, 2.75) is 13.1 Å². The van der Waals surface area contributed by atoms with Gasteiger partial charge in [0, 0.05) is 37.4 Å². The summed E-state index contributed by atoms with van der Waals surface area (Å²) in [7, 11) is 1.63. The second kappa shape index (κ2) is 10.4. The van der Waals surface area contributed by atoms with Crippen LogP contribution in [0.4, 0.5) is 5.69 Å². The van der Waals surface area contributed by atoms with Gasteiger partial charge in [-0.2, -0.15) is 0 Å². The van der Waals surface area contributed by atoms with Crippen LogP contribution in [0.1, 0.15) is 11.1 Å². The molecular weight excluding hydrogens is 356 g/mol. The number of nitro benzene ring substituents is 1. The van der Waals surface area contributed by atoms with E-state index < -0.39 is 4.92 Å². The quantitative estimate of drug-likeness (QED) is 0.243. The molecule has 2 N–H and O–H groups in total. The van der Waals surface area contributed by atoms with Crippen LogP contribution in [0.15, 0.2) is 53.5 Å². The molecule has 0 spiro atoms. The van der Waals surface area contributed by atoms with E-state index in [1.165, 1.54) is 12.1 Å². The van der Waals surface area contributed by atoms with E-state index in [0.29, 0.717) is 37.2 Å². The molecule has 0 aliphatic rings. The summed E-state index contributed by atoms with van der Waals surface area (Å²) < 4.78 is 5.04. The van der Waals surface area contributed by atoms with E-state index >= 15 is 0 Å². The Morgan fingerprint density at radius 1 is 1.19 bits per heavy atom. The van der Waals surface area contributed by atoms with Gasteiger partial charge in [-0.3, -0.25) is 10.1 Å². The maximum atomic E-state index is 10.7. The van der Waals surface area contributed by atoms with Crippen molar-refractivity contribution in [1.29, 1.82) is 0 Å². The van der Waals surface area contributed by atoms with Gasteiger partial charge >= 0.3 is 0 Å². The molecule has 2 aromatic rings. The largest absolute Gasteiger partial charge is 0.383 e. The van der Waals surface area contributed by atoms with Crippen molar-refractivity contribution in [3.8, 4) is 0 Å². The van der Waals surface area contributed by atoms with Crippen LogP contribution in [0.25, 0.3) is 0 Å². The fourth-order valence-corrected chi connectivity index (χ4v) is 2.36. The molecule has 0 aromatic heterocycles. The van der Waals surface area contributed by atoms with E-state index in [4.69, 9.17) is 16.3 Å². The predicted molar refractivity (Wildman–Crippen MR) is 102 cm³/mol. The molecule has 2 rings (SSSR count). The van der Waals surface area contributed by atoms with E-state index in [1.807, 2.05) is 24.3 Å². The summed E-state index contributed by atoms with van der Waals surface area (Å²) in [5.41, 5.74) is 1.90. The lowest BCUT2D eigenvalue weighted by atomic mass is 10.2. The molecule has 0 heterocycles. The Labute approximate surface area is 157 Å². The fraction of sp³-hybridized carbons (Fsp3) is 0.278. The predicted octanol–water partition coefficient (Wildman–Crippen LogP) is 3.13. The van der Waals surface area contributed by atoms with Crippen LogP contribution in [-0.2, 0) is 17.8 Å². The van der Waals surface area contributed by atoms with Crippen LogP contribution in [0, 0.1) is 10.1 Å². The monoisotopic (exact) mass is 376 g/mol. The first kappa shape index (κ1) is 19.7. The Morgan fingerprint density at radius 2 is 1.92 bits per heavy atom. The third-order valence-corrected chi connectivity index (χ3v) is 3.94. The molecule has 0 amide bonds. The van der Waals surface area contributed by atoms with Crippen molar-refractivity contribution in [1.82, 2.24) is 10.6 Å². The number of hydrogen-bond acceptors (Lipinski definition) is 4. The third kappa shape index (κ3) is 6.34. The average Bonchev–Trinajstić information content (AvgIpc) is 2.65. The molecule has 0 saturated heterocycles. The Hall–Kier alpha value is -2.64. The highest BCUT2D eigenvalue weighted by Crippen LogP contribution is 2.14. The van der Waals surface area contributed by atoms with E-state index in [1.54, 1.807) is 19.2 Å². The SMILES string of the molecule is COCCNC(=NCc1ccc([N+](=O)[O-])cc1)NCc1ccccc1Cl. The first-order chi connectivity index (χ1) is 12.6. The number of guanidine groups is 1. The standard InChI is InChI=1S/C18H21ClN4O3/c1-26-11-10-20-18(22-13-15-4-2-3-5-17(15)19)21-12-14-6-8-16(9-7-14)23(24)25/h2-9H,10-13H2,1H3,(H2,20,21,22). The van der Waals surface area contributed by atoms with Gasteiger partial charge in [-0.15, -0.1) is 0 Å². The minimum absolute atomic E-state index is 0.0630. The maximum absolute atomic E-state index is 10.7. The first-order valence-corrected chi connectivity index (χ1v) is 8.46. The number of rotatable bonds is 8. The molecule has 8 heteroatoms. The van der Waals surface area contributed by atoms with Crippen molar-refractivity contribution in [2.75, 3.05) is 20.3 Å². The van der Waals surface area contributed by atoms with Crippen molar-refractivity contribution in [3.63, 3.8) is 0 Å². The molecular formula is C18H21ClN4O3. The van der Waals surface area contributed by atoms with Crippen LogP contribution in [0.2, 0.25) is 5.02 Å². The summed E-state index contributed by atoms with van der Waals surface area (Å²) in [6.07, 6.45) is 0. The van der Waals surface area contributed by atoms with Gasteiger partial charge in [0.2, 0.25) is 0 Å². The van der Waals surface area contributed by atoms with Crippen molar-refractivity contribution < 1.29 is 9.66 Å². The molecule has 0 radical (unpaired) electrons. The lowest BCUT2D eigenvalue weighted by Gasteiger charge is -2.13. The lowest BCUT2D eigenvalue weighted by molar-refractivity contribution is -0.384. The summed E-state index contributed by atoms with van der Waals surface area (Å²) in [5, 5.41) is 17.8. The molecule has 0 bridgehead atoms. The highest BCUT2D eigenvalue weighted by atomic mass is 35.5. The summed E-state index contributed by atoms with van der Waals surface area (Å²) in [6.45, 7) is 2.07. The Kier molecular flexibility index (Phi) is 7.85. The molecule has 7 nitrogen and oxygen atoms in total. The molecule has 0 atom stereocenters. The zero-order valence-corrected chi connectivity index (χ0v) is 15.2. The third-order valence-electron chi connectivity index (χ3n) is 3.57. The van der Waals surface area contributed by atoms with Gasteiger partial charge in [-0.1, -0.05) is 41.9 Å². The number of hydrogen-bond donors (Lipinski definition) is 2. The summed E-state index contributed by atoms with van der Waals surface area (Å²) in [4.78, 5) is 14.8. The Balaban J connectivity index is 2.01. The Bertz CT molecular complexity index is 750. The van der Waals surface area contributed by atoms with E-state index in [-0.39, 0.29) is 5.69 Å². The number of nitrogens with one attached hydrogen (secondary N) is 2. The van der Waals surface area contributed by atoms with Gasteiger partial charge in [0.1, 0.15) is 0 Å². The molecule has 26 heavy (non-hydrogen) atoms. The molecule has 0 aliphatic heterocycles. The van der Waals surface area contributed by atoms with E-state index in [9.17, 15) is 10.1 Å². The minimum atomic E-state index is -0.421. The topological polar surface area (TPSA) is 88.8 Å². The van der Waals surface area contributed by atoms with E-state index in [2.05, 4.69) is 15.6 Å². The van der Waals surface area contributed by atoms with Crippen LogP contribution >= 0.6 is 11.6 Å². The van der Waals surface area contributed by atoms with Crippen molar-refractivity contribution in [2.24, 2.45) is 4.99 Å². The number of non-ortho nitro benzene ring substituents is 1. The zero-order chi connectivity index (χ0) is 18.8. The number of ether oxygens (including phenoxy) is 1. The van der Waals surface area contributed by atoms with Crippen LogP contribution in [-0.4, -0.2) is 31.1 Å². The lowest BCUT2D eigenvalue weighted by Crippen LogP contribution is -2.38. The molecule has 138 valence electrons. The number of nitro groups is 1. The smallest absolute Gasteiger partial charge is 0.269 e. The second-order valence-electron chi connectivity index (χ2n) is 5.45. The van der Waals surface area contributed by atoms with Gasteiger partial charge in [0.05, 0.1) is 18.1 Å². The van der Waals surface area contributed by atoms with Gasteiger partial charge in [0.15, 0.2) is 5.96 Å². The number of nitrogens with zero attached hydrogens (tertiary/aromatic N) is 2. The highest BCUT2D eigenvalue weighted by Gasteiger charge is 2.05. The van der Waals surface area contributed by atoms with Gasteiger partial charge in [0.25, 0.3) is 5.69 Å². The van der Waals surface area contributed by atoms with E-state index in [0.717, 1.165) is 11.1 Å². The van der Waals surface area contributed by atoms with Crippen molar-refractivity contribution in [3.05, 3.63) is 74.8 Å². The Morgan fingerprint density at radius 3 is 2.58 bits per heavy atom.